The van der Waals surface area contributed by atoms with Crippen LogP contribution >= 0.6 is 0 Å². The van der Waals surface area contributed by atoms with Gasteiger partial charge in [-0.15, -0.1) is 0 Å². The topological polar surface area (TPSA) is 24.7 Å². The van der Waals surface area contributed by atoms with Gasteiger partial charge in [0.25, 0.3) is 0 Å². The number of hydrogen-bond acceptors (Lipinski definition) is 2. The van der Waals surface area contributed by atoms with Crippen molar-refractivity contribution in [2.75, 3.05) is 7.05 Å². The summed E-state index contributed by atoms with van der Waals surface area (Å²) in [7, 11) is 1.82. The van der Waals surface area contributed by atoms with E-state index in [1.54, 1.807) is 12.4 Å². The van der Waals surface area contributed by atoms with Gasteiger partial charge >= 0.3 is 0 Å². The van der Waals surface area contributed by atoms with Gasteiger partial charge in [-0.05, 0) is 12.8 Å². The Morgan fingerprint density at radius 1 is 1.13 bits per heavy atom. The molecule has 0 amide bonds. The zero-order chi connectivity index (χ0) is 11.4. The fraction of sp³-hybridized carbons (Fsp3) is 0.692. The molecule has 0 spiro atoms. The monoisotopic (exact) mass is 208 g/mol. The third-order valence-electron chi connectivity index (χ3n) is 2.40. The van der Waals surface area contributed by atoms with Crippen molar-refractivity contribution in [3.05, 3.63) is 12.8 Å². The van der Waals surface area contributed by atoms with E-state index in [9.17, 15) is 0 Å². The van der Waals surface area contributed by atoms with Crippen molar-refractivity contribution in [2.45, 2.75) is 51.9 Å². The molecule has 2 nitrogen and oxygen atoms in total. The lowest BCUT2D eigenvalue weighted by molar-refractivity contribution is 0.616. The molecule has 0 aromatic rings. The average Bonchev–Trinajstić information content (AvgIpc) is 2.27. The predicted octanol–water partition coefficient (Wildman–Crippen LogP) is 4.02. The van der Waals surface area contributed by atoms with Gasteiger partial charge in [-0.3, -0.25) is 9.98 Å². The van der Waals surface area contributed by atoms with E-state index < -0.39 is 0 Å². The largest absolute Gasteiger partial charge is 0.291 e. The van der Waals surface area contributed by atoms with Crippen molar-refractivity contribution in [2.24, 2.45) is 9.98 Å². The van der Waals surface area contributed by atoms with Gasteiger partial charge in [-0.25, -0.2) is 0 Å². The molecule has 0 aromatic heterocycles. The van der Waals surface area contributed by atoms with Crippen LogP contribution < -0.4 is 0 Å². The lowest BCUT2D eigenvalue weighted by atomic mass is 10.1. The molecule has 15 heavy (non-hydrogen) atoms. The molecule has 0 fully saturated rings. The highest BCUT2D eigenvalue weighted by Gasteiger charge is 1.94. The number of unbranched alkanes of at least 4 members (excludes halogenated alkanes) is 5. The Kier molecular flexibility index (Phi) is 10.5. The molecule has 0 unspecified atom stereocenters. The number of nitrogens with zero attached hydrogens (tertiary/aromatic N) is 2. The molecule has 0 rings (SSSR count). The molecule has 0 N–H and O–H groups in total. The summed E-state index contributed by atoms with van der Waals surface area (Å²) in [6.45, 7) is 5.79. The fourth-order valence-electron chi connectivity index (χ4n) is 1.46. The molecule has 0 saturated carbocycles. The van der Waals surface area contributed by atoms with Crippen LogP contribution in [0.1, 0.15) is 51.9 Å². The van der Waals surface area contributed by atoms with Crippen LogP contribution in [0.3, 0.4) is 0 Å². The Morgan fingerprint density at radius 3 is 2.40 bits per heavy atom. The van der Waals surface area contributed by atoms with Crippen LogP contribution in [0.4, 0.5) is 0 Å². The summed E-state index contributed by atoms with van der Waals surface area (Å²) in [6.07, 6.45) is 12.3. The van der Waals surface area contributed by atoms with Crippen molar-refractivity contribution in [3.8, 4) is 0 Å². The molecule has 0 atom stereocenters. The molecule has 0 saturated heterocycles. The predicted molar refractivity (Wildman–Crippen MR) is 70.0 cm³/mol. The normalized spacial score (nSPS) is 12.3. The zero-order valence-electron chi connectivity index (χ0n) is 10.2. The van der Waals surface area contributed by atoms with Crippen molar-refractivity contribution in [3.63, 3.8) is 0 Å². The van der Waals surface area contributed by atoms with Gasteiger partial charge in [0, 0.05) is 19.5 Å². The third-order valence-corrected chi connectivity index (χ3v) is 2.40. The molecule has 0 aliphatic rings. The number of hydrogen-bond donors (Lipinski definition) is 0. The van der Waals surface area contributed by atoms with Crippen LogP contribution in [0.2, 0.25) is 0 Å². The summed E-state index contributed by atoms with van der Waals surface area (Å²) < 4.78 is 0. The second-order valence-electron chi connectivity index (χ2n) is 3.69. The summed E-state index contributed by atoms with van der Waals surface area (Å²) in [5.41, 5.74) is 1.07. The molecule has 0 aliphatic heterocycles. The van der Waals surface area contributed by atoms with E-state index in [1.807, 2.05) is 7.05 Å². The molecule has 0 radical (unpaired) electrons. The van der Waals surface area contributed by atoms with E-state index in [0.717, 1.165) is 12.1 Å². The van der Waals surface area contributed by atoms with E-state index in [4.69, 9.17) is 0 Å². The highest BCUT2D eigenvalue weighted by atomic mass is 14.7. The van der Waals surface area contributed by atoms with Crippen LogP contribution in [0.25, 0.3) is 0 Å². The second kappa shape index (κ2) is 11.2. The molecule has 86 valence electrons. The first kappa shape index (κ1) is 14.1. The zero-order valence-corrected chi connectivity index (χ0v) is 10.2. The molecule has 0 aromatic carbocycles. The van der Waals surface area contributed by atoms with Gasteiger partial charge in [0.05, 0.1) is 5.71 Å². The summed E-state index contributed by atoms with van der Waals surface area (Å²) in [5.74, 6) is 0. The highest BCUT2D eigenvalue weighted by molar-refractivity contribution is 6.30. The molecule has 0 aliphatic carbocycles. The minimum absolute atomic E-state index is 1.04. The average molecular weight is 208 g/mol. The number of rotatable bonds is 9. The minimum atomic E-state index is 1.04. The summed E-state index contributed by atoms with van der Waals surface area (Å²) in [6, 6.07) is 0. The first-order valence-corrected chi connectivity index (χ1v) is 5.94. The lowest BCUT2D eigenvalue weighted by Gasteiger charge is -2.00. The third kappa shape index (κ3) is 9.39. The Morgan fingerprint density at radius 2 is 1.80 bits per heavy atom. The van der Waals surface area contributed by atoms with Gasteiger partial charge in [-0.2, -0.15) is 0 Å². The van der Waals surface area contributed by atoms with Gasteiger partial charge in [-0.1, -0.05) is 45.6 Å². The first-order chi connectivity index (χ1) is 7.35. The highest BCUT2D eigenvalue weighted by Crippen LogP contribution is 2.07. The van der Waals surface area contributed by atoms with Crippen LogP contribution in [0.15, 0.2) is 22.8 Å². The summed E-state index contributed by atoms with van der Waals surface area (Å²) in [4.78, 5) is 8.16. The molecular weight excluding hydrogens is 184 g/mol. The standard InChI is InChI=1S/C13H24N2/c1-4-6-7-8-9-10-11-13(14-3)12-15-5-2/h5,12H,2,4,6-11H2,1,3H3/b14-13-,15-12-. The van der Waals surface area contributed by atoms with Crippen LogP contribution in [0, 0.1) is 0 Å². The van der Waals surface area contributed by atoms with E-state index in [1.165, 1.54) is 38.5 Å². The van der Waals surface area contributed by atoms with E-state index in [-0.39, 0.29) is 0 Å². The van der Waals surface area contributed by atoms with Gasteiger partial charge in [0.1, 0.15) is 0 Å². The Labute approximate surface area is 94.2 Å². The van der Waals surface area contributed by atoms with Crippen molar-refractivity contribution in [1.29, 1.82) is 0 Å². The fourth-order valence-corrected chi connectivity index (χ4v) is 1.46. The summed E-state index contributed by atoms with van der Waals surface area (Å²) >= 11 is 0. The number of aliphatic imine (C=N–C) groups is 2. The van der Waals surface area contributed by atoms with Gasteiger partial charge < -0.3 is 0 Å². The Hall–Kier alpha value is -0.920. The van der Waals surface area contributed by atoms with Gasteiger partial charge in [0.15, 0.2) is 0 Å². The SMILES string of the molecule is C=C/N=C\C(CCCCCCCC)=N/C. The lowest BCUT2D eigenvalue weighted by Crippen LogP contribution is -1.99. The molecule has 2 heteroatoms. The minimum Gasteiger partial charge on any atom is -0.291 e. The Bertz CT molecular complexity index is 205. The second-order valence-corrected chi connectivity index (χ2v) is 3.69. The maximum Gasteiger partial charge on any atom is 0.0527 e. The van der Waals surface area contributed by atoms with Gasteiger partial charge in [0.2, 0.25) is 0 Å². The van der Waals surface area contributed by atoms with E-state index >= 15 is 0 Å². The van der Waals surface area contributed by atoms with Crippen molar-refractivity contribution >= 4 is 11.9 Å². The van der Waals surface area contributed by atoms with E-state index in [2.05, 4.69) is 23.5 Å². The maximum atomic E-state index is 4.18. The van der Waals surface area contributed by atoms with Crippen LogP contribution in [0.5, 0.6) is 0 Å². The maximum absolute atomic E-state index is 4.18. The molecule has 0 bridgehead atoms. The quantitative estimate of drug-likeness (QED) is 0.404. The summed E-state index contributed by atoms with van der Waals surface area (Å²) in [5, 5.41) is 0. The molecule has 0 heterocycles. The van der Waals surface area contributed by atoms with Crippen LogP contribution in [-0.4, -0.2) is 19.0 Å². The van der Waals surface area contributed by atoms with Crippen molar-refractivity contribution in [1.82, 2.24) is 0 Å². The van der Waals surface area contributed by atoms with Crippen LogP contribution in [-0.2, 0) is 0 Å². The Balaban J connectivity index is 3.47. The van der Waals surface area contributed by atoms with Crippen molar-refractivity contribution < 1.29 is 0 Å². The first-order valence-electron chi connectivity index (χ1n) is 5.94. The molecular formula is C13H24N2. The van der Waals surface area contributed by atoms with E-state index in [0.29, 0.717) is 0 Å². The smallest absolute Gasteiger partial charge is 0.0527 e.